The summed E-state index contributed by atoms with van der Waals surface area (Å²) in [6.07, 6.45) is 2.64. The Labute approximate surface area is 126 Å². The second-order valence-corrected chi connectivity index (χ2v) is 5.89. The molecule has 1 aliphatic rings. The molecule has 1 aromatic heterocycles. The zero-order chi connectivity index (χ0) is 14.8. The van der Waals surface area contributed by atoms with Gasteiger partial charge in [-0.1, -0.05) is 23.9 Å². The maximum Gasteiger partial charge on any atom is 0.256 e. The summed E-state index contributed by atoms with van der Waals surface area (Å²) in [7, 11) is 0. The van der Waals surface area contributed by atoms with Crippen LogP contribution in [0.15, 0.2) is 34.2 Å². The minimum absolute atomic E-state index is 0.0618. The van der Waals surface area contributed by atoms with Crippen molar-refractivity contribution in [1.29, 1.82) is 0 Å². The van der Waals surface area contributed by atoms with Crippen molar-refractivity contribution in [1.82, 2.24) is 14.9 Å². The lowest BCUT2D eigenvalue weighted by molar-refractivity contribution is 0.240. The van der Waals surface area contributed by atoms with Crippen LogP contribution in [0.25, 0.3) is 0 Å². The summed E-state index contributed by atoms with van der Waals surface area (Å²) < 4.78 is 13.2. The van der Waals surface area contributed by atoms with Crippen LogP contribution in [-0.4, -0.2) is 27.7 Å². The van der Waals surface area contributed by atoms with E-state index in [2.05, 4.69) is 14.9 Å². The summed E-state index contributed by atoms with van der Waals surface area (Å²) >= 11 is 1.44. The second kappa shape index (κ2) is 5.99. The van der Waals surface area contributed by atoms with Crippen LogP contribution in [0.4, 0.5) is 4.39 Å². The summed E-state index contributed by atoms with van der Waals surface area (Å²) in [5, 5.41) is 0.664. The third kappa shape index (κ3) is 3.16. The van der Waals surface area contributed by atoms with Crippen LogP contribution in [0.1, 0.15) is 16.8 Å². The molecule has 0 spiro atoms. The number of aromatic amines is 1. The predicted octanol–water partition coefficient (Wildman–Crippen LogP) is 2.19. The monoisotopic (exact) mass is 305 g/mol. The highest BCUT2D eigenvalue weighted by molar-refractivity contribution is 7.98. The molecule has 2 heterocycles. The fourth-order valence-corrected chi connectivity index (χ4v) is 2.98. The van der Waals surface area contributed by atoms with Crippen molar-refractivity contribution in [3.8, 4) is 0 Å². The Balaban J connectivity index is 1.80. The first kappa shape index (κ1) is 14.3. The van der Waals surface area contributed by atoms with Crippen molar-refractivity contribution in [2.24, 2.45) is 0 Å². The van der Waals surface area contributed by atoms with E-state index in [0.717, 1.165) is 29.8 Å². The number of H-pyrrole nitrogens is 1. The molecule has 0 bridgehead atoms. The smallest absolute Gasteiger partial charge is 0.256 e. The Bertz CT molecular complexity index is 716. The summed E-state index contributed by atoms with van der Waals surface area (Å²) in [4.78, 5) is 21.5. The zero-order valence-electron chi connectivity index (χ0n) is 11.7. The summed E-state index contributed by atoms with van der Waals surface area (Å²) in [5.41, 5.74) is 2.48. The average Bonchev–Trinajstić information content (AvgIpc) is 2.47. The largest absolute Gasteiger partial charge is 0.301 e. The van der Waals surface area contributed by atoms with E-state index in [0.29, 0.717) is 18.2 Å². The van der Waals surface area contributed by atoms with E-state index in [-0.39, 0.29) is 11.4 Å². The Morgan fingerprint density at radius 2 is 2.33 bits per heavy atom. The fraction of sp³-hybridized carbons (Fsp3) is 0.333. The number of aromatic nitrogens is 2. The number of nitrogens with zero attached hydrogens (tertiary/aromatic N) is 2. The van der Waals surface area contributed by atoms with Gasteiger partial charge in [0, 0.05) is 26.1 Å². The summed E-state index contributed by atoms with van der Waals surface area (Å²) in [5.74, 6) is -0.228. The van der Waals surface area contributed by atoms with Crippen molar-refractivity contribution < 1.29 is 4.39 Å². The first-order chi connectivity index (χ1) is 10.2. The topological polar surface area (TPSA) is 49.0 Å². The number of hydrogen-bond acceptors (Lipinski definition) is 4. The molecule has 0 saturated carbocycles. The predicted molar refractivity (Wildman–Crippen MR) is 80.9 cm³/mol. The minimum atomic E-state index is -0.228. The van der Waals surface area contributed by atoms with Crippen molar-refractivity contribution in [3.05, 3.63) is 57.3 Å². The van der Waals surface area contributed by atoms with Crippen LogP contribution >= 0.6 is 11.8 Å². The molecule has 6 heteroatoms. The fourth-order valence-electron chi connectivity index (χ4n) is 2.58. The Kier molecular flexibility index (Phi) is 4.07. The molecule has 3 rings (SSSR count). The van der Waals surface area contributed by atoms with Crippen molar-refractivity contribution in [3.63, 3.8) is 0 Å². The molecule has 1 N–H and O–H groups in total. The van der Waals surface area contributed by atoms with E-state index in [1.807, 2.05) is 12.3 Å². The number of halogens is 1. The molecule has 21 heavy (non-hydrogen) atoms. The minimum Gasteiger partial charge on any atom is -0.301 e. The van der Waals surface area contributed by atoms with Gasteiger partial charge in [-0.05, 0) is 24.0 Å². The molecular weight excluding hydrogens is 289 g/mol. The molecule has 0 fully saturated rings. The van der Waals surface area contributed by atoms with Gasteiger partial charge in [0.1, 0.15) is 5.82 Å². The third-order valence-corrected chi connectivity index (χ3v) is 4.19. The number of benzene rings is 1. The van der Waals surface area contributed by atoms with Gasteiger partial charge in [0.25, 0.3) is 5.56 Å². The van der Waals surface area contributed by atoms with E-state index in [9.17, 15) is 9.18 Å². The van der Waals surface area contributed by atoms with Gasteiger partial charge in [0.15, 0.2) is 5.16 Å². The molecule has 0 unspecified atom stereocenters. The molecule has 0 aliphatic carbocycles. The highest BCUT2D eigenvalue weighted by atomic mass is 32.2. The van der Waals surface area contributed by atoms with Crippen LogP contribution in [0.3, 0.4) is 0 Å². The van der Waals surface area contributed by atoms with Crippen LogP contribution in [0.2, 0.25) is 0 Å². The molecule has 110 valence electrons. The highest BCUT2D eigenvalue weighted by Crippen LogP contribution is 2.18. The van der Waals surface area contributed by atoms with E-state index < -0.39 is 0 Å². The lowest BCUT2D eigenvalue weighted by atomic mass is 10.1. The van der Waals surface area contributed by atoms with Crippen LogP contribution in [0, 0.1) is 5.82 Å². The molecule has 0 saturated heterocycles. The van der Waals surface area contributed by atoms with Gasteiger partial charge >= 0.3 is 0 Å². The Hall–Kier alpha value is -1.66. The number of hydrogen-bond donors (Lipinski definition) is 1. The average molecular weight is 305 g/mol. The third-order valence-electron chi connectivity index (χ3n) is 3.61. The van der Waals surface area contributed by atoms with Crippen molar-refractivity contribution in [2.45, 2.75) is 24.7 Å². The van der Waals surface area contributed by atoms with Gasteiger partial charge in [-0.15, -0.1) is 0 Å². The zero-order valence-corrected chi connectivity index (χ0v) is 12.5. The van der Waals surface area contributed by atoms with E-state index in [4.69, 9.17) is 0 Å². The van der Waals surface area contributed by atoms with Crippen molar-refractivity contribution >= 4 is 11.8 Å². The lowest BCUT2D eigenvalue weighted by Crippen LogP contribution is -2.35. The molecule has 1 aromatic carbocycles. The Morgan fingerprint density at radius 3 is 3.10 bits per heavy atom. The lowest BCUT2D eigenvalue weighted by Gasteiger charge is -2.27. The highest BCUT2D eigenvalue weighted by Gasteiger charge is 2.21. The molecule has 0 amide bonds. The molecule has 0 atom stereocenters. The Morgan fingerprint density at radius 1 is 1.48 bits per heavy atom. The van der Waals surface area contributed by atoms with E-state index in [1.165, 1.54) is 23.9 Å². The van der Waals surface area contributed by atoms with E-state index in [1.54, 1.807) is 6.07 Å². The molecule has 0 radical (unpaired) electrons. The SMILES string of the molecule is CSc1nc2c(c(=O)[nH]1)CN(Cc1cccc(F)c1)CC2. The molecule has 2 aromatic rings. The normalized spacial score (nSPS) is 15.0. The molecule has 4 nitrogen and oxygen atoms in total. The molecular formula is C15H16FN3OS. The van der Waals surface area contributed by atoms with Gasteiger partial charge in [0.05, 0.1) is 11.3 Å². The quantitative estimate of drug-likeness (QED) is 0.697. The van der Waals surface area contributed by atoms with Crippen LogP contribution in [0.5, 0.6) is 0 Å². The van der Waals surface area contributed by atoms with Crippen LogP contribution < -0.4 is 5.56 Å². The maximum absolute atomic E-state index is 13.2. The number of thioether (sulfide) groups is 1. The van der Waals surface area contributed by atoms with Gasteiger partial charge in [-0.25, -0.2) is 9.37 Å². The summed E-state index contributed by atoms with van der Waals surface area (Å²) in [6.45, 7) is 2.03. The first-order valence-corrected chi connectivity index (χ1v) is 8.01. The standard InChI is InChI=1S/C15H16FN3OS/c1-21-15-17-13-5-6-19(9-12(13)14(20)18-15)8-10-3-2-4-11(16)7-10/h2-4,7H,5-6,8-9H2,1H3,(H,17,18,20). The summed E-state index contributed by atoms with van der Waals surface area (Å²) in [6, 6.07) is 6.59. The number of nitrogens with one attached hydrogen (secondary N) is 1. The first-order valence-electron chi connectivity index (χ1n) is 6.78. The van der Waals surface area contributed by atoms with Gasteiger partial charge in [-0.3, -0.25) is 9.69 Å². The maximum atomic E-state index is 13.2. The second-order valence-electron chi connectivity index (χ2n) is 5.09. The van der Waals surface area contributed by atoms with Gasteiger partial charge in [0.2, 0.25) is 0 Å². The number of fused-ring (bicyclic) bond motifs is 1. The van der Waals surface area contributed by atoms with Crippen molar-refractivity contribution in [2.75, 3.05) is 12.8 Å². The van der Waals surface area contributed by atoms with Gasteiger partial charge < -0.3 is 4.98 Å². The number of rotatable bonds is 3. The molecule has 1 aliphatic heterocycles. The van der Waals surface area contributed by atoms with Gasteiger partial charge in [-0.2, -0.15) is 0 Å². The van der Waals surface area contributed by atoms with E-state index >= 15 is 0 Å². The van der Waals surface area contributed by atoms with Crippen LogP contribution in [-0.2, 0) is 19.5 Å².